The third kappa shape index (κ3) is 6.82. The van der Waals surface area contributed by atoms with Crippen LogP contribution in [0.15, 0.2) is 48.5 Å². The van der Waals surface area contributed by atoms with E-state index in [2.05, 4.69) is 10.2 Å². The molecule has 1 amide bonds. The van der Waals surface area contributed by atoms with Crippen LogP contribution < -0.4 is 9.62 Å². The van der Waals surface area contributed by atoms with E-state index in [0.29, 0.717) is 22.8 Å². The van der Waals surface area contributed by atoms with Gasteiger partial charge in [0.15, 0.2) is 0 Å². The molecule has 0 aliphatic rings. The molecular weight excluding hydrogens is 398 g/mol. The van der Waals surface area contributed by atoms with Crippen molar-refractivity contribution in [3.05, 3.63) is 64.7 Å². The molecule has 0 unspecified atom stereocenters. The van der Waals surface area contributed by atoms with Crippen LogP contribution in [0, 0.1) is 0 Å². The van der Waals surface area contributed by atoms with Gasteiger partial charge in [-0.05, 0) is 63.0 Å². The van der Waals surface area contributed by atoms with Gasteiger partial charge in [-0.3, -0.25) is 9.10 Å². The predicted octanol–water partition coefficient (Wildman–Crippen LogP) is 2.99. The summed E-state index contributed by atoms with van der Waals surface area (Å²) in [6, 6.07) is 13.6. The summed E-state index contributed by atoms with van der Waals surface area (Å²) in [5.41, 5.74) is 1.81. The molecule has 0 saturated carbocycles. The van der Waals surface area contributed by atoms with Gasteiger partial charge in [0.1, 0.15) is 0 Å². The molecule has 2 aromatic rings. The Hall–Kier alpha value is -2.09. The number of anilines is 1. The summed E-state index contributed by atoms with van der Waals surface area (Å²) in [6.07, 6.45) is 2.03. The molecule has 2 aromatic carbocycles. The van der Waals surface area contributed by atoms with E-state index in [0.717, 1.165) is 24.8 Å². The SMILES string of the molecule is CN(C)CCCNC(=O)c1ccc(CN(c2cccc(Cl)c2)S(C)(=O)=O)cc1. The fraction of sp³-hybridized carbons (Fsp3) is 0.350. The number of benzene rings is 2. The second kappa shape index (κ2) is 9.91. The van der Waals surface area contributed by atoms with Crippen LogP contribution in [0.5, 0.6) is 0 Å². The average Bonchev–Trinajstić information content (AvgIpc) is 2.62. The fourth-order valence-electron chi connectivity index (χ4n) is 2.66. The van der Waals surface area contributed by atoms with E-state index in [1.165, 1.54) is 4.31 Å². The number of hydrogen-bond donors (Lipinski definition) is 1. The zero-order valence-electron chi connectivity index (χ0n) is 16.4. The highest BCUT2D eigenvalue weighted by Gasteiger charge is 2.18. The second-order valence-corrected chi connectivity index (χ2v) is 9.20. The molecule has 28 heavy (non-hydrogen) atoms. The van der Waals surface area contributed by atoms with E-state index in [1.54, 1.807) is 48.5 Å². The fourth-order valence-corrected chi connectivity index (χ4v) is 3.72. The Morgan fingerprint density at radius 1 is 1.11 bits per heavy atom. The second-order valence-electron chi connectivity index (χ2n) is 6.86. The maximum atomic E-state index is 12.2. The Morgan fingerprint density at radius 3 is 2.36 bits per heavy atom. The zero-order chi connectivity index (χ0) is 20.7. The lowest BCUT2D eigenvalue weighted by atomic mass is 10.1. The van der Waals surface area contributed by atoms with Crippen molar-refractivity contribution in [1.29, 1.82) is 0 Å². The Balaban J connectivity index is 2.06. The molecule has 0 saturated heterocycles. The van der Waals surface area contributed by atoms with E-state index >= 15 is 0 Å². The van der Waals surface area contributed by atoms with Gasteiger partial charge in [-0.2, -0.15) is 0 Å². The third-order valence-corrected chi connectivity index (χ3v) is 5.48. The van der Waals surface area contributed by atoms with Gasteiger partial charge in [0.2, 0.25) is 10.0 Å². The van der Waals surface area contributed by atoms with Crippen LogP contribution in [0.1, 0.15) is 22.3 Å². The van der Waals surface area contributed by atoms with Crippen molar-refractivity contribution in [2.45, 2.75) is 13.0 Å². The van der Waals surface area contributed by atoms with Crippen molar-refractivity contribution in [3.63, 3.8) is 0 Å². The molecule has 1 N–H and O–H groups in total. The van der Waals surface area contributed by atoms with Gasteiger partial charge in [0.25, 0.3) is 5.91 Å². The third-order valence-electron chi connectivity index (χ3n) is 4.11. The number of nitrogens with one attached hydrogen (secondary N) is 1. The van der Waals surface area contributed by atoms with Gasteiger partial charge < -0.3 is 10.2 Å². The number of hydrogen-bond acceptors (Lipinski definition) is 4. The van der Waals surface area contributed by atoms with Crippen LogP contribution in [-0.2, 0) is 16.6 Å². The number of amides is 1. The van der Waals surface area contributed by atoms with Crippen LogP contribution in [0.25, 0.3) is 0 Å². The molecule has 0 spiro atoms. The highest BCUT2D eigenvalue weighted by molar-refractivity contribution is 7.92. The first-order valence-electron chi connectivity index (χ1n) is 8.92. The first-order chi connectivity index (χ1) is 13.2. The summed E-state index contributed by atoms with van der Waals surface area (Å²) in [5, 5.41) is 3.35. The lowest BCUT2D eigenvalue weighted by Gasteiger charge is -2.22. The highest BCUT2D eigenvalue weighted by Crippen LogP contribution is 2.24. The summed E-state index contributed by atoms with van der Waals surface area (Å²) in [5.74, 6) is -0.139. The molecule has 152 valence electrons. The summed E-state index contributed by atoms with van der Waals surface area (Å²) in [7, 11) is 0.490. The molecule has 0 aliphatic heterocycles. The maximum Gasteiger partial charge on any atom is 0.251 e. The Morgan fingerprint density at radius 2 is 1.79 bits per heavy atom. The minimum atomic E-state index is -3.49. The van der Waals surface area contributed by atoms with Crippen LogP contribution in [-0.4, -0.2) is 52.7 Å². The van der Waals surface area contributed by atoms with Gasteiger partial charge in [0, 0.05) is 17.1 Å². The molecule has 0 atom stereocenters. The summed E-state index contributed by atoms with van der Waals surface area (Å²) in [4.78, 5) is 14.3. The molecule has 0 bridgehead atoms. The molecule has 0 aromatic heterocycles. The predicted molar refractivity (Wildman–Crippen MR) is 114 cm³/mol. The van der Waals surface area contributed by atoms with Gasteiger partial charge in [-0.1, -0.05) is 29.8 Å². The topological polar surface area (TPSA) is 69.7 Å². The first-order valence-corrected chi connectivity index (χ1v) is 11.1. The van der Waals surface area contributed by atoms with Gasteiger partial charge in [-0.15, -0.1) is 0 Å². The van der Waals surface area contributed by atoms with Gasteiger partial charge in [0.05, 0.1) is 18.5 Å². The van der Waals surface area contributed by atoms with E-state index in [4.69, 9.17) is 11.6 Å². The minimum Gasteiger partial charge on any atom is -0.352 e. The van der Waals surface area contributed by atoms with E-state index in [-0.39, 0.29) is 12.5 Å². The maximum absolute atomic E-state index is 12.2. The lowest BCUT2D eigenvalue weighted by molar-refractivity contribution is 0.0952. The smallest absolute Gasteiger partial charge is 0.251 e. The molecule has 0 heterocycles. The van der Waals surface area contributed by atoms with Crippen LogP contribution >= 0.6 is 11.6 Å². The number of rotatable bonds is 9. The Bertz CT molecular complexity index is 899. The number of halogens is 1. The van der Waals surface area contributed by atoms with Crippen molar-refractivity contribution < 1.29 is 13.2 Å². The summed E-state index contributed by atoms with van der Waals surface area (Å²) >= 11 is 6.00. The minimum absolute atomic E-state index is 0.139. The van der Waals surface area contributed by atoms with E-state index < -0.39 is 10.0 Å². The highest BCUT2D eigenvalue weighted by atomic mass is 35.5. The number of nitrogens with zero attached hydrogens (tertiary/aromatic N) is 2. The lowest BCUT2D eigenvalue weighted by Crippen LogP contribution is -2.29. The van der Waals surface area contributed by atoms with Crippen molar-refractivity contribution in [2.75, 3.05) is 37.7 Å². The Kier molecular flexibility index (Phi) is 7.86. The van der Waals surface area contributed by atoms with Gasteiger partial charge >= 0.3 is 0 Å². The standard InChI is InChI=1S/C20H26ClN3O3S/c1-23(2)13-5-12-22-20(25)17-10-8-16(9-11-17)15-24(28(3,26)27)19-7-4-6-18(21)14-19/h4,6-11,14H,5,12-13,15H2,1-3H3,(H,22,25). The quantitative estimate of drug-likeness (QED) is 0.629. The molecule has 8 heteroatoms. The van der Waals surface area contributed by atoms with Crippen molar-refractivity contribution in [2.24, 2.45) is 0 Å². The molecule has 2 rings (SSSR count). The molecular formula is C20H26ClN3O3S. The van der Waals surface area contributed by atoms with Crippen LogP contribution in [0.3, 0.4) is 0 Å². The average molecular weight is 424 g/mol. The molecule has 0 radical (unpaired) electrons. The monoisotopic (exact) mass is 423 g/mol. The summed E-state index contributed by atoms with van der Waals surface area (Å²) in [6.45, 7) is 1.67. The molecule has 0 fully saturated rings. The van der Waals surface area contributed by atoms with Crippen molar-refractivity contribution in [3.8, 4) is 0 Å². The van der Waals surface area contributed by atoms with Crippen LogP contribution in [0.4, 0.5) is 5.69 Å². The van der Waals surface area contributed by atoms with Crippen molar-refractivity contribution >= 4 is 33.2 Å². The number of carbonyl (C=O) groups is 1. The number of sulfonamides is 1. The molecule has 6 nitrogen and oxygen atoms in total. The van der Waals surface area contributed by atoms with E-state index in [9.17, 15) is 13.2 Å². The Labute approximate surface area is 172 Å². The first kappa shape index (κ1) is 22.2. The largest absolute Gasteiger partial charge is 0.352 e. The molecule has 0 aliphatic carbocycles. The normalized spacial score (nSPS) is 11.5. The van der Waals surface area contributed by atoms with Gasteiger partial charge in [-0.25, -0.2) is 8.42 Å². The zero-order valence-corrected chi connectivity index (χ0v) is 17.9. The van der Waals surface area contributed by atoms with Crippen LogP contribution in [0.2, 0.25) is 5.02 Å². The number of carbonyl (C=O) groups excluding carboxylic acids is 1. The van der Waals surface area contributed by atoms with Crippen molar-refractivity contribution in [1.82, 2.24) is 10.2 Å². The summed E-state index contributed by atoms with van der Waals surface area (Å²) < 4.78 is 25.8. The van der Waals surface area contributed by atoms with E-state index in [1.807, 2.05) is 14.1 Å².